The summed E-state index contributed by atoms with van der Waals surface area (Å²) in [6, 6.07) is 12.4. The van der Waals surface area contributed by atoms with Crippen LogP contribution < -0.4 is 15.5 Å². The van der Waals surface area contributed by atoms with Gasteiger partial charge >= 0.3 is 0 Å². The molecule has 2 N–H and O–H groups in total. The Morgan fingerprint density at radius 3 is 2.19 bits per heavy atom. The van der Waals surface area contributed by atoms with Crippen molar-refractivity contribution in [1.82, 2.24) is 20.4 Å². The summed E-state index contributed by atoms with van der Waals surface area (Å²) < 4.78 is 0. The largest absolute Gasteiger partial charge is 0.369 e. The molecule has 2 aliphatic heterocycles. The Balaban J connectivity index is 0.00000341. The average molecular weight is 543 g/mol. The molecule has 0 radical (unpaired) electrons. The molecule has 6 nitrogen and oxygen atoms in total. The van der Waals surface area contributed by atoms with E-state index in [9.17, 15) is 0 Å². The van der Waals surface area contributed by atoms with E-state index in [4.69, 9.17) is 4.99 Å². The summed E-state index contributed by atoms with van der Waals surface area (Å²) in [5.74, 6) is 0.982. The third-order valence-electron chi connectivity index (χ3n) is 6.52. The number of nitrogens with one attached hydrogen (secondary N) is 2. The fourth-order valence-electron chi connectivity index (χ4n) is 4.47. The summed E-state index contributed by atoms with van der Waals surface area (Å²) in [6.45, 7) is 17.5. The summed E-state index contributed by atoms with van der Waals surface area (Å²) in [7, 11) is 0. The van der Waals surface area contributed by atoms with Crippen LogP contribution in [0.5, 0.6) is 0 Å². The predicted molar refractivity (Wildman–Crippen MR) is 144 cm³/mol. The van der Waals surface area contributed by atoms with Crippen LogP contribution in [-0.4, -0.2) is 86.2 Å². The highest BCUT2D eigenvalue weighted by molar-refractivity contribution is 14.0. The maximum Gasteiger partial charge on any atom is 0.191 e. The van der Waals surface area contributed by atoms with E-state index < -0.39 is 0 Å². The molecule has 2 saturated heterocycles. The Labute approximate surface area is 206 Å². The van der Waals surface area contributed by atoms with Crippen molar-refractivity contribution in [2.45, 2.75) is 58.7 Å². The minimum atomic E-state index is 0. The van der Waals surface area contributed by atoms with E-state index in [1.807, 2.05) is 0 Å². The lowest BCUT2D eigenvalue weighted by Gasteiger charge is -2.39. The van der Waals surface area contributed by atoms with Gasteiger partial charge in [0.05, 0.1) is 6.54 Å². The Morgan fingerprint density at radius 1 is 0.968 bits per heavy atom. The first-order valence-electron chi connectivity index (χ1n) is 11.9. The van der Waals surface area contributed by atoms with Crippen LogP contribution in [0.15, 0.2) is 35.3 Å². The van der Waals surface area contributed by atoms with E-state index in [1.165, 1.54) is 31.6 Å². The Bertz CT molecular complexity index is 637. The lowest BCUT2D eigenvalue weighted by atomic mass is 10.0. The molecule has 7 heteroatoms. The van der Waals surface area contributed by atoms with Crippen molar-refractivity contribution < 1.29 is 0 Å². The fourth-order valence-corrected chi connectivity index (χ4v) is 4.47. The number of piperazine rings is 1. The molecule has 0 amide bonds. The van der Waals surface area contributed by atoms with E-state index in [0.29, 0.717) is 18.1 Å². The van der Waals surface area contributed by atoms with Crippen LogP contribution in [0.3, 0.4) is 0 Å². The number of rotatable bonds is 7. The van der Waals surface area contributed by atoms with Crippen LogP contribution >= 0.6 is 24.0 Å². The minimum absolute atomic E-state index is 0. The molecule has 1 unspecified atom stereocenters. The number of aliphatic imine (C=N–C) groups is 1. The molecule has 2 heterocycles. The first-order valence-corrected chi connectivity index (χ1v) is 11.9. The average Bonchev–Trinajstić information content (AvgIpc) is 2.78. The third kappa shape index (κ3) is 8.09. The molecule has 3 rings (SSSR count). The van der Waals surface area contributed by atoms with Gasteiger partial charge in [0.15, 0.2) is 5.96 Å². The topological polar surface area (TPSA) is 46.1 Å². The predicted octanol–water partition coefficient (Wildman–Crippen LogP) is 3.24. The van der Waals surface area contributed by atoms with E-state index in [0.717, 1.165) is 45.2 Å². The molecule has 1 aromatic carbocycles. The second kappa shape index (κ2) is 13.5. The zero-order chi connectivity index (χ0) is 21.3. The van der Waals surface area contributed by atoms with Gasteiger partial charge < -0.3 is 20.4 Å². The fraction of sp³-hybridized carbons (Fsp3) is 0.708. The maximum atomic E-state index is 4.94. The molecule has 176 valence electrons. The molecule has 0 bridgehead atoms. The number of halogens is 1. The zero-order valence-corrected chi connectivity index (χ0v) is 22.2. The number of hydrogen-bond acceptors (Lipinski definition) is 4. The molecule has 2 fully saturated rings. The van der Waals surface area contributed by atoms with Crippen LogP contribution in [0, 0.1) is 0 Å². The van der Waals surface area contributed by atoms with Gasteiger partial charge in [-0.1, -0.05) is 18.2 Å². The Hall–Kier alpha value is -1.06. The SMILES string of the molecule is CCNC(=NCC(C)N1CCN(c2ccccc2)CC1)NC1CCN(C(C)C)CC1.I. The van der Waals surface area contributed by atoms with Gasteiger partial charge in [0.1, 0.15) is 0 Å². The van der Waals surface area contributed by atoms with Crippen molar-refractivity contribution in [3.63, 3.8) is 0 Å². The van der Waals surface area contributed by atoms with Crippen molar-refractivity contribution in [2.24, 2.45) is 4.99 Å². The number of para-hydroxylation sites is 1. The van der Waals surface area contributed by atoms with Gasteiger partial charge in [-0.05, 0) is 52.7 Å². The number of anilines is 1. The maximum absolute atomic E-state index is 4.94. The lowest BCUT2D eigenvalue weighted by Crippen LogP contribution is -2.51. The van der Waals surface area contributed by atoms with Gasteiger partial charge in [-0.25, -0.2) is 0 Å². The molecule has 0 saturated carbocycles. The van der Waals surface area contributed by atoms with Gasteiger partial charge in [-0.15, -0.1) is 24.0 Å². The third-order valence-corrected chi connectivity index (χ3v) is 6.52. The van der Waals surface area contributed by atoms with Gasteiger partial charge in [-0.3, -0.25) is 9.89 Å². The summed E-state index contributed by atoms with van der Waals surface area (Å²) in [6.07, 6.45) is 2.39. The molecular weight excluding hydrogens is 499 g/mol. The van der Waals surface area contributed by atoms with Gasteiger partial charge in [0.2, 0.25) is 0 Å². The molecule has 0 spiro atoms. The molecule has 0 aromatic heterocycles. The number of hydrogen-bond donors (Lipinski definition) is 2. The Kier molecular flexibility index (Phi) is 11.4. The van der Waals surface area contributed by atoms with Crippen LogP contribution in [0.4, 0.5) is 5.69 Å². The van der Waals surface area contributed by atoms with Gasteiger partial charge in [0.25, 0.3) is 0 Å². The van der Waals surface area contributed by atoms with Crippen LogP contribution in [0.25, 0.3) is 0 Å². The summed E-state index contributed by atoms with van der Waals surface area (Å²) >= 11 is 0. The van der Waals surface area contributed by atoms with Crippen molar-refractivity contribution in [3.05, 3.63) is 30.3 Å². The molecule has 31 heavy (non-hydrogen) atoms. The molecule has 2 aliphatic rings. The second-order valence-corrected chi connectivity index (χ2v) is 8.98. The van der Waals surface area contributed by atoms with E-state index >= 15 is 0 Å². The van der Waals surface area contributed by atoms with Crippen LogP contribution in [0.2, 0.25) is 0 Å². The highest BCUT2D eigenvalue weighted by atomic mass is 127. The highest BCUT2D eigenvalue weighted by Gasteiger charge is 2.23. The molecule has 0 aliphatic carbocycles. The standard InChI is InChI=1S/C24H42N6.HI/c1-5-25-24(27-22-11-13-28(14-12-22)20(2)3)26-19-21(4)29-15-17-30(18-16-29)23-9-7-6-8-10-23;/h6-10,20-22H,5,11-19H2,1-4H3,(H2,25,26,27);1H. The Morgan fingerprint density at radius 2 is 1.61 bits per heavy atom. The van der Waals surface area contributed by atoms with Crippen molar-refractivity contribution in [1.29, 1.82) is 0 Å². The number of guanidine groups is 1. The number of nitrogens with zero attached hydrogens (tertiary/aromatic N) is 4. The van der Waals surface area contributed by atoms with E-state index in [-0.39, 0.29) is 24.0 Å². The normalized spacial score (nSPS) is 20.4. The second-order valence-electron chi connectivity index (χ2n) is 8.98. The van der Waals surface area contributed by atoms with Crippen molar-refractivity contribution >= 4 is 35.6 Å². The van der Waals surface area contributed by atoms with Crippen molar-refractivity contribution in [3.8, 4) is 0 Å². The van der Waals surface area contributed by atoms with Crippen molar-refractivity contribution in [2.75, 3.05) is 57.3 Å². The van der Waals surface area contributed by atoms with E-state index in [1.54, 1.807) is 0 Å². The summed E-state index contributed by atoms with van der Waals surface area (Å²) in [5.41, 5.74) is 1.34. The minimum Gasteiger partial charge on any atom is -0.369 e. The van der Waals surface area contributed by atoms with Crippen LogP contribution in [0.1, 0.15) is 40.5 Å². The number of benzene rings is 1. The van der Waals surface area contributed by atoms with E-state index in [2.05, 4.69) is 83.4 Å². The number of likely N-dealkylation sites (tertiary alicyclic amines) is 1. The smallest absolute Gasteiger partial charge is 0.191 e. The van der Waals surface area contributed by atoms with Gasteiger partial charge in [0, 0.05) is 69.6 Å². The molecule has 1 aromatic rings. The van der Waals surface area contributed by atoms with Gasteiger partial charge in [-0.2, -0.15) is 0 Å². The highest BCUT2D eigenvalue weighted by Crippen LogP contribution is 2.17. The van der Waals surface area contributed by atoms with Crippen LogP contribution in [-0.2, 0) is 0 Å². The zero-order valence-electron chi connectivity index (χ0n) is 19.9. The molecule has 1 atom stereocenters. The quantitative estimate of drug-likeness (QED) is 0.315. The molecular formula is C24H43IN6. The summed E-state index contributed by atoms with van der Waals surface area (Å²) in [5, 5.41) is 7.14. The summed E-state index contributed by atoms with van der Waals surface area (Å²) in [4.78, 5) is 12.6. The lowest BCUT2D eigenvalue weighted by molar-refractivity contribution is 0.167. The monoisotopic (exact) mass is 542 g/mol. The first-order chi connectivity index (χ1) is 14.6. The number of piperidine rings is 1. The first kappa shape index (κ1) is 26.2.